The molecule has 0 atom stereocenters. The highest BCUT2D eigenvalue weighted by molar-refractivity contribution is 6.39. The molecule has 0 spiro atoms. The van der Waals surface area contributed by atoms with Crippen LogP contribution in [0.2, 0.25) is 0 Å². The Labute approximate surface area is 383 Å². The van der Waals surface area contributed by atoms with E-state index in [2.05, 4.69) is 16.7 Å². The van der Waals surface area contributed by atoms with Crippen molar-refractivity contribution in [3.8, 4) is 45.5 Å². The van der Waals surface area contributed by atoms with Crippen LogP contribution in [-0.2, 0) is 6.18 Å². The summed E-state index contributed by atoms with van der Waals surface area (Å²) in [6.07, 6.45) is -4.91. The van der Waals surface area contributed by atoms with E-state index in [0.29, 0.717) is 66.7 Å². The van der Waals surface area contributed by atoms with Crippen molar-refractivity contribution in [3.05, 3.63) is 200 Å². The molecular formula is C58H32F3N5O2. The number of rotatable bonds is 5. The Balaban J connectivity index is 1.21. The molecule has 14 rings (SSSR count). The summed E-state index contributed by atoms with van der Waals surface area (Å²) >= 11 is 0. The van der Waals surface area contributed by atoms with Crippen molar-refractivity contribution in [2.24, 2.45) is 0 Å². The van der Waals surface area contributed by atoms with E-state index in [0.717, 1.165) is 43.7 Å². The van der Waals surface area contributed by atoms with Crippen molar-refractivity contribution in [1.29, 1.82) is 0 Å². The average Bonchev–Trinajstić information content (AvgIpc) is 4.14. The van der Waals surface area contributed by atoms with Crippen LogP contribution in [0.5, 0.6) is 0 Å². The van der Waals surface area contributed by atoms with E-state index in [1.165, 1.54) is 6.07 Å². The van der Waals surface area contributed by atoms with Crippen molar-refractivity contribution in [2.75, 3.05) is 0 Å². The van der Waals surface area contributed by atoms with Crippen molar-refractivity contribution >= 4 is 87.5 Å². The lowest BCUT2D eigenvalue weighted by molar-refractivity contribution is -0.137. The van der Waals surface area contributed by atoms with Gasteiger partial charge in [-0.3, -0.25) is 0 Å². The molecule has 0 aliphatic rings. The topological polar surface area (TPSA) is 74.8 Å². The lowest BCUT2D eigenvalue weighted by Gasteiger charge is -2.19. The van der Waals surface area contributed by atoms with Gasteiger partial charge in [-0.05, 0) is 42.5 Å². The molecule has 0 aliphatic heterocycles. The molecule has 0 amide bonds. The summed E-state index contributed by atoms with van der Waals surface area (Å²) in [6.45, 7) is 0. The van der Waals surface area contributed by atoms with Crippen LogP contribution in [0.25, 0.3) is 133 Å². The molecule has 0 unspecified atom stereocenters. The van der Waals surface area contributed by atoms with Gasteiger partial charge in [0.2, 0.25) is 0 Å². The average molecular weight is 888 g/mol. The molecule has 0 saturated carbocycles. The maximum atomic E-state index is 16.7. The SMILES string of the molecule is FC(F)(F)c1cc(-c2nc(-c3ccccc3)nc(-c3ccccc3)n2)c2c(oc3ccccc32)c1-n1c2ccccc2c2c3c(c4ccccc4n3-c3ccccc3)c3oc4ccccc4c3c21. The number of halogens is 3. The molecule has 322 valence electrons. The molecular weight excluding hydrogens is 856 g/mol. The Morgan fingerprint density at radius 3 is 1.44 bits per heavy atom. The molecule has 68 heavy (non-hydrogen) atoms. The van der Waals surface area contributed by atoms with Gasteiger partial charge in [0.1, 0.15) is 22.4 Å². The third-order valence-corrected chi connectivity index (χ3v) is 13.2. The molecule has 0 aliphatic carbocycles. The molecule has 0 radical (unpaired) electrons. The summed E-state index contributed by atoms with van der Waals surface area (Å²) in [5, 5.41) is 5.86. The van der Waals surface area contributed by atoms with Crippen LogP contribution >= 0.6 is 0 Å². The van der Waals surface area contributed by atoms with Gasteiger partial charge < -0.3 is 18.0 Å². The van der Waals surface area contributed by atoms with E-state index >= 15 is 13.2 Å². The molecule has 0 N–H and O–H groups in total. The Morgan fingerprint density at radius 1 is 0.397 bits per heavy atom. The lowest BCUT2D eigenvalue weighted by atomic mass is 9.99. The first kappa shape index (κ1) is 38.3. The summed E-state index contributed by atoms with van der Waals surface area (Å²) in [5.41, 5.74) is 5.84. The van der Waals surface area contributed by atoms with Gasteiger partial charge in [-0.1, -0.05) is 152 Å². The van der Waals surface area contributed by atoms with Gasteiger partial charge in [0.05, 0.1) is 38.4 Å². The highest BCUT2D eigenvalue weighted by Crippen LogP contribution is 2.53. The number of furan rings is 2. The van der Waals surface area contributed by atoms with Gasteiger partial charge in [0.25, 0.3) is 0 Å². The second-order valence-corrected chi connectivity index (χ2v) is 16.9. The normalized spacial score (nSPS) is 12.3. The summed E-state index contributed by atoms with van der Waals surface area (Å²) in [5.74, 6) is 0.718. The van der Waals surface area contributed by atoms with Gasteiger partial charge >= 0.3 is 6.18 Å². The Morgan fingerprint density at radius 2 is 0.838 bits per heavy atom. The van der Waals surface area contributed by atoms with Gasteiger partial charge in [-0.2, -0.15) is 13.2 Å². The van der Waals surface area contributed by atoms with Crippen molar-refractivity contribution in [1.82, 2.24) is 24.1 Å². The van der Waals surface area contributed by atoms with Crippen LogP contribution in [0.1, 0.15) is 5.56 Å². The third-order valence-electron chi connectivity index (χ3n) is 13.2. The minimum absolute atomic E-state index is 0.0336. The first-order valence-electron chi connectivity index (χ1n) is 22.2. The van der Waals surface area contributed by atoms with E-state index in [4.69, 9.17) is 23.8 Å². The van der Waals surface area contributed by atoms with E-state index in [1.807, 2.05) is 170 Å². The second-order valence-electron chi connectivity index (χ2n) is 16.9. The van der Waals surface area contributed by atoms with E-state index in [1.54, 1.807) is 10.6 Å². The van der Waals surface area contributed by atoms with Crippen LogP contribution in [0.15, 0.2) is 203 Å². The Hall–Kier alpha value is -9.02. The smallest absolute Gasteiger partial charge is 0.418 e. The molecule has 5 aromatic heterocycles. The van der Waals surface area contributed by atoms with Crippen LogP contribution in [0.4, 0.5) is 13.2 Å². The monoisotopic (exact) mass is 887 g/mol. The fraction of sp³-hybridized carbons (Fsp3) is 0.0172. The predicted molar refractivity (Wildman–Crippen MR) is 264 cm³/mol. The number of aromatic nitrogens is 5. The number of hydrogen-bond donors (Lipinski definition) is 0. The van der Waals surface area contributed by atoms with Crippen molar-refractivity contribution in [3.63, 3.8) is 0 Å². The van der Waals surface area contributed by atoms with Gasteiger partial charge in [-0.25, -0.2) is 15.0 Å². The summed E-state index contributed by atoms with van der Waals surface area (Å²) in [4.78, 5) is 14.8. The Bertz CT molecular complexity index is 4300. The van der Waals surface area contributed by atoms with E-state index < -0.39 is 11.7 Å². The zero-order valence-corrected chi connectivity index (χ0v) is 35.7. The third kappa shape index (κ3) is 5.45. The number of benzene rings is 9. The quantitative estimate of drug-likeness (QED) is 0.172. The summed E-state index contributed by atoms with van der Waals surface area (Å²) < 4.78 is 67.7. The van der Waals surface area contributed by atoms with Crippen LogP contribution in [0.3, 0.4) is 0 Å². The molecule has 10 heteroatoms. The predicted octanol–water partition coefficient (Wildman–Crippen LogP) is 15.9. The van der Waals surface area contributed by atoms with Crippen LogP contribution < -0.4 is 0 Å². The molecule has 0 bridgehead atoms. The fourth-order valence-corrected chi connectivity index (χ4v) is 10.4. The largest absolute Gasteiger partial charge is 0.455 e. The van der Waals surface area contributed by atoms with Gasteiger partial charge in [-0.15, -0.1) is 0 Å². The first-order chi connectivity index (χ1) is 33.4. The van der Waals surface area contributed by atoms with Crippen molar-refractivity contribution in [2.45, 2.75) is 6.18 Å². The maximum absolute atomic E-state index is 16.7. The molecule has 7 nitrogen and oxygen atoms in total. The van der Waals surface area contributed by atoms with Crippen LogP contribution in [0, 0.1) is 0 Å². The fourth-order valence-electron chi connectivity index (χ4n) is 10.4. The number of alkyl halides is 3. The minimum atomic E-state index is -4.91. The van der Waals surface area contributed by atoms with E-state index in [9.17, 15) is 0 Å². The Kier molecular flexibility index (Phi) is 8.01. The number of fused-ring (bicyclic) bond motifs is 15. The summed E-state index contributed by atoms with van der Waals surface area (Å²) in [7, 11) is 0. The van der Waals surface area contributed by atoms with E-state index in [-0.39, 0.29) is 22.7 Å². The number of para-hydroxylation sites is 5. The van der Waals surface area contributed by atoms with Gasteiger partial charge in [0.15, 0.2) is 23.1 Å². The molecule has 0 saturated heterocycles. The number of nitrogens with zero attached hydrogens (tertiary/aromatic N) is 5. The lowest BCUT2D eigenvalue weighted by Crippen LogP contribution is -2.12. The maximum Gasteiger partial charge on any atom is 0.418 e. The molecule has 9 aromatic carbocycles. The summed E-state index contributed by atoms with van der Waals surface area (Å²) in [6, 6.07) is 60.9. The second kappa shape index (κ2) is 14.2. The molecule has 14 aromatic rings. The number of hydrogen-bond acceptors (Lipinski definition) is 5. The highest BCUT2D eigenvalue weighted by Gasteiger charge is 2.40. The highest BCUT2D eigenvalue weighted by atomic mass is 19.4. The van der Waals surface area contributed by atoms with Crippen molar-refractivity contribution < 1.29 is 22.0 Å². The molecule has 5 heterocycles. The molecule has 0 fully saturated rings. The minimum Gasteiger partial charge on any atom is -0.455 e. The van der Waals surface area contributed by atoms with Crippen LogP contribution in [-0.4, -0.2) is 24.1 Å². The van der Waals surface area contributed by atoms with Gasteiger partial charge in [0, 0.05) is 54.7 Å². The first-order valence-corrected chi connectivity index (χ1v) is 22.2. The standard InChI is InChI=1S/C58H32F3N5O2/c59-58(60,61)41-32-40(57-63-55(33-18-4-1-5-19-33)62-56(64-57)34-20-6-2-7-21-34)46-38-26-12-16-30-44(38)68-54(46)50(41)66-43-29-15-10-24-36(43)47-51-48(53-49(52(47)66)39-27-13-17-31-45(39)67-53)37-25-11-14-28-42(37)65(51)35-22-8-3-9-23-35/h1-32H. The zero-order valence-electron chi connectivity index (χ0n) is 35.7. The zero-order chi connectivity index (χ0) is 45.3.